The zero-order valence-electron chi connectivity index (χ0n) is 18.0. The fourth-order valence-corrected chi connectivity index (χ4v) is 3.76. The van der Waals surface area contributed by atoms with E-state index < -0.39 is 0 Å². The molecule has 1 fully saturated rings. The third-order valence-electron chi connectivity index (χ3n) is 5.69. The Balaban J connectivity index is 1.31. The van der Waals surface area contributed by atoms with Crippen molar-refractivity contribution in [2.24, 2.45) is 0 Å². The van der Waals surface area contributed by atoms with Crippen LogP contribution in [0.3, 0.4) is 0 Å². The highest BCUT2D eigenvalue weighted by Gasteiger charge is 2.24. The molecule has 162 valence electrons. The third kappa shape index (κ3) is 4.90. The molecule has 2 aromatic rings. The van der Waals surface area contributed by atoms with E-state index in [1.165, 1.54) is 5.56 Å². The lowest BCUT2D eigenvalue weighted by atomic mass is 10.0. The summed E-state index contributed by atoms with van der Waals surface area (Å²) < 4.78 is 11.1. The molecule has 0 radical (unpaired) electrons. The van der Waals surface area contributed by atoms with Crippen LogP contribution in [0.25, 0.3) is 6.08 Å². The molecule has 0 aliphatic carbocycles. The normalized spacial score (nSPS) is 16.1. The van der Waals surface area contributed by atoms with E-state index in [2.05, 4.69) is 13.8 Å². The van der Waals surface area contributed by atoms with E-state index >= 15 is 0 Å². The lowest BCUT2D eigenvalue weighted by Crippen LogP contribution is -2.50. The van der Waals surface area contributed by atoms with Gasteiger partial charge in [0.25, 0.3) is 5.91 Å². The highest BCUT2D eigenvalue weighted by molar-refractivity contribution is 5.95. The highest BCUT2D eigenvalue weighted by atomic mass is 16.6. The van der Waals surface area contributed by atoms with Crippen LogP contribution in [0.2, 0.25) is 0 Å². The highest BCUT2D eigenvalue weighted by Crippen LogP contribution is 2.31. The second kappa shape index (κ2) is 9.25. The van der Waals surface area contributed by atoms with Gasteiger partial charge in [0.05, 0.1) is 0 Å². The van der Waals surface area contributed by atoms with Gasteiger partial charge in [0.1, 0.15) is 13.2 Å². The van der Waals surface area contributed by atoms with E-state index in [0.717, 1.165) is 11.3 Å². The van der Waals surface area contributed by atoms with Gasteiger partial charge < -0.3 is 19.3 Å². The summed E-state index contributed by atoms with van der Waals surface area (Å²) in [6, 6.07) is 13.5. The second-order valence-corrected chi connectivity index (χ2v) is 8.13. The average Bonchev–Trinajstić information content (AvgIpc) is 2.82. The van der Waals surface area contributed by atoms with Gasteiger partial charge >= 0.3 is 0 Å². The zero-order valence-corrected chi connectivity index (χ0v) is 18.0. The van der Waals surface area contributed by atoms with Gasteiger partial charge in [-0.25, -0.2) is 0 Å². The minimum atomic E-state index is -0.0525. The van der Waals surface area contributed by atoms with Gasteiger partial charge in [0.15, 0.2) is 11.5 Å². The molecule has 0 bridgehead atoms. The van der Waals surface area contributed by atoms with Crippen molar-refractivity contribution >= 4 is 17.9 Å². The monoisotopic (exact) mass is 420 g/mol. The van der Waals surface area contributed by atoms with Crippen molar-refractivity contribution in [3.8, 4) is 11.5 Å². The van der Waals surface area contributed by atoms with Gasteiger partial charge in [-0.15, -0.1) is 0 Å². The van der Waals surface area contributed by atoms with Crippen molar-refractivity contribution in [1.29, 1.82) is 0 Å². The van der Waals surface area contributed by atoms with Gasteiger partial charge in [0.2, 0.25) is 5.91 Å². The number of ether oxygens (including phenoxy) is 2. The van der Waals surface area contributed by atoms with Crippen LogP contribution in [-0.2, 0) is 4.79 Å². The van der Waals surface area contributed by atoms with E-state index in [1.54, 1.807) is 17.1 Å². The van der Waals surface area contributed by atoms with Gasteiger partial charge in [0, 0.05) is 37.8 Å². The molecule has 0 spiro atoms. The fourth-order valence-electron chi connectivity index (χ4n) is 3.76. The summed E-state index contributed by atoms with van der Waals surface area (Å²) in [5.74, 6) is 1.84. The summed E-state index contributed by atoms with van der Waals surface area (Å²) in [4.78, 5) is 29.0. The molecule has 0 unspecified atom stereocenters. The fraction of sp³-hybridized carbons (Fsp3) is 0.360. The Hall–Kier alpha value is -3.28. The van der Waals surface area contributed by atoms with Crippen LogP contribution in [0.5, 0.6) is 11.5 Å². The van der Waals surface area contributed by atoms with Crippen molar-refractivity contribution in [3.05, 3.63) is 65.2 Å². The standard InChI is InChI=1S/C25H28N2O4/c1-18(2)20-5-7-21(8-6-20)25(29)27-13-11-26(12-14-27)24(28)10-4-19-3-9-22-23(17-19)31-16-15-30-22/h3-10,17-18H,11-16H2,1-2H3. The summed E-state index contributed by atoms with van der Waals surface area (Å²) >= 11 is 0. The lowest BCUT2D eigenvalue weighted by Gasteiger charge is -2.34. The Morgan fingerprint density at radius 2 is 1.52 bits per heavy atom. The number of fused-ring (bicyclic) bond motifs is 1. The number of rotatable bonds is 4. The first-order valence-corrected chi connectivity index (χ1v) is 10.8. The number of benzene rings is 2. The van der Waals surface area contributed by atoms with Crippen molar-refractivity contribution in [2.75, 3.05) is 39.4 Å². The molecule has 1 saturated heterocycles. The number of nitrogens with zero attached hydrogens (tertiary/aromatic N) is 2. The molecule has 4 rings (SSSR count). The Labute approximate surface area is 183 Å². The van der Waals surface area contributed by atoms with Crippen LogP contribution in [0.1, 0.15) is 41.3 Å². The van der Waals surface area contributed by atoms with E-state index in [1.807, 2.05) is 47.4 Å². The predicted molar refractivity (Wildman–Crippen MR) is 119 cm³/mol. The average molecular weight is 421 g/mol. The van der Waals surface area contributed by atoms with Crippen LogP contribution in [0.15, 0.2) is 48.5 Å². The van der Waals surface area contributed by atoms with Crippen LogP contribution in [0.4, 0.5) is 0 Å². The van der Waals surface area contributed by atoms with E-state index in [-0.39, 0.29) is 11.8 Å². The largest absolute Gasteiger partial charge is 0.486 e. The number of hydrogen-bond donors (Lipinski definition) is 0. The minimum Gasteiger partial charge on any atom is -0.486 e. The Morgan fingerprint density at radius 3 is 2.19 bits per heavy atom. The molecule has 6 heteroatoms. The number of carbonyl (C=O) groups is 2. The van der Waals surface area contributed by atoms with Gasteiger partial charge in [-0.2, -0.15) is 0 Å². The maximum Gasteiger partial charge on any atom is 0.253 e. The van der Waals surface area contributed by atoms with Gasteiger partial charge in [-0.1, -0.05) is 32.0 Å². The summed E-state index contributed by atoms with van der Waals surface area (Å²) in [5.41, 5.74) is 2.80. The Kier molecular flexibility index (Phi) is 6.26. The molecular weight excluding hydrogens is 392 g/mol. The molecule has 0 atom stereocenters. The minimum absolute atomic E-state index is 0.0224. The number of piperazine rings is 1. The van der Waals surface area contributed by atoms with Crippen LogP contribution in [0, 0.1) is 0 Å². The third-order valence-corrected chi connectivity index (χ3v) is 5.69. The molecule has 2 aliphatic rings. The number of carbonyl (C=O) groups excluding carboxylic acids is 2. The number of amides is 2. The number of hydrogen-bond acceptors (Lipinski definition) is 4. The van der Waals surface area contributed by atoms with Crippen molar-refractivity contribution < 1.29 is 19.1 Å². The SMILES string of the molecule is CC(C)c1ccc(C(=O)N2CCN(C(=O)C=Cc3ccc4c(c3)OCCO4)CC2)cc1. The van der Waals surface area contributed by atoms with Crippen molar-refractivity contribution in [2.45, 2.75) is 19.8 Å². The molecule has 2 aromatic carbocycles. The van der Waals surface area contributed by atoms with E-state index in [0.29, 0.717) is 56.6 Å². The molecule has 2 heterocycles. The Bertz CT molecular complexity index is 974. The van der Waals surface area contributed by atoms with E-state index in [4.69, 9.17) is 9.47 Å². The smallest absolute Gasteiger partial charge is 0.253 e. The molecule has 0 aromatic heterocycles. The Morgan fingerprint density at radius 1 is 0.871 bits per heavy atom. The lowest BCUT2D eigenvalue weighted by molar-refractivity contribution is -0.127. The van der Waals surface area contributed by atoms with E-state index in [9.17, 15) is 9.59 Å². The van der Waals surface area contributed by atoms with Crippen LogP contribution >= 0.6 is 0 Å². The summed E-state index contributed by atoms with van der Waals surface area (Å²) in [5, 5.41) is 0. The molecular formula is C25H28N2O4. The molecule has 2 aliphatic heterocycles. The van der Waals surface area contributed by atoms with Crippen LogP contribution in [-0.4, -0.2) is 61.0 Å². The van der Waals surface area contributed by atoms with Gasteiger partial charge in [-0.3, -0.25) is 9.59 Å². The summed E-state index contributed by atoms with van der Waals surface area (Å²) in [7, 11) is 0. The second-order valence-electron chi connectivity index (χ2n) is 8.13. The first-order chi connectivity index (χ1) is 15.0. The summed E-state index contributed by atoms with van der Waals surface area (Å²) in [6.07, 6.45) is 3.36. The summed E-state index contributed by atoms with van der Waals surface area (Å²) in [6.45, 7) is 7.48. The first-order valence-electron chi connectivity index (χ1n) is 10.8. The predicted octanol–water partition coefficient (Wildman–Crippen LogP) is 3.58. The topological polar surface area (TPSA) is 59.1 Å². The molecule has 0 N–H and O–H groups in total. The van der Waals surface area contributed by atoms with Crippen molar-refractivity contribution in [3.63, 3.8) is 0 Å². The maximum absolute atomic E-state index is 12.8. The quantitative estimate of drug-likeness (QED) is 0.710. The first kappa shape index (κ1) is 21.0. The molecule has 6 nitrogen and oxygen atoms in total. The molecule has 2 amide bonds. The zero-order chi connectivity index (χ0) is 21.8. The van der Waals surface area contributed by atoms with Crippen LogP contribution < -0.4 is 9.47 Å². The molecule has 0 saturated carbocycles. The maximum atomic E-state index is 12.8. The van der Waals surface area contributed by atoms with Crippen molar-refractivity contribution in [1.82, 2.24) is 9.80 Å². The van der Waals surface area contributed by atoms with Gasteiger partial charge in [-0.05, 0) is 47.4 Å². The molecule has 31 heavy (non-hydrogen) atoms.